The summed E-state index contributed by atoms with van der Waals surface area (Å²) in [6, 6.07) is 0. The smallest absolute Gasteiger partial charge is 0.335 e. The number of carboxylic acids is 1. The van der Waals surface area contributed by atoms with Crippen LogP contribution in [0.25, 0.3) is 0 Å². The molecule has 1 aliphatic heterocycles. The first-order chi connectivity index (χ1) is 26.4. The van der Waals surface area contributed by atoms with Gasteiger partial charge in [0.05, 0.1) is 24.2 Å². The first kappa shape index (κ1) is 44.1. The maximum Gasteiger partial charge on any atom is 0.335 e. The zero-order valence-electron chi connectivity index (χ0n) is 34.9. The second-order valence-corrected chi connectivity index (χ2v) is 20.0. The number of esters is 2. The standard InChI is InChI=1S/C43H66O14/c1-10-21(2)36(53)57-34-33(50)43(20-54-22(3)45)24(17-38(34,4)5)23-11-12-26-39(6)15-14-28(55-37-31(49)29(47)30(48)32(56-37)35(51)52)40(7,19-44)25(39)13-16-41(26,8)42(23,9)18-27(43)46/h10-11,24-34,37,44,46-50H,12-20H2,1-9H3,(H,51,52)/b21-10+. The van der Waals surface area contributed by atoms with E-state index in [9.17, 15) is 50.1 Å². The zero-order valence-corrected chi connectivity index (χ0v) is 34.9. The summed E-state index contributed by atoms with van der Waals surface area (Å²) >= 11 is 0. The van der Waals surface area contributed by atoms with Gasteiger partial charge in [-0.2, -0.15) is 0 Å². The van der Waals surface area contributed by atoms with Gasteiger partial charge in [-0.3, -0.25) is 4.79 Å². The highest BCUT2D eigenvalue weighted by Gasteiger charge is 2.73. The van der Waals surface area contributed by atoms with Crippen molar-refractivity contribution in [2.24, 2.45) is 50.2 Å². The van der Waals surface area contributed by atoms with Gasteiger partial charge in [0.1, 0.15) is 37.1 Å². The van der Waals surface area contributed by atoms with Crippen LogP contribution in [0.1, 0.15) is 107 Å². The fourth-order valence-electron chi connectivity index (χ4n) is 13.2. The lowest BCUT2D eigenvalue weighted by molar-refractivity contribution is -0.328. The molecular formula is C43H66O14. The van der Waals surface area contributed by atoms with Gasteiger partial charge in [-0.15, -0.1) is 0 Å². The van der Waals surface area contributed by atoms with Crippen LogP contribution in [0.2, 0.25) is 0 Å². The molecule has 57 heavy (non-hydrogen) atoms. The Morgan fingerprint density at radius 2 is 1.58 bits per heavy atom. The number of hydrogen-bond donors (Lipinski definition) is 7. The highest BCUT2D eigenvalue weighted by molar-refractivity contribution is 5.87. The van der Waals surface area contributed by atoms with Gasteiger partial charge in [-0.25, -0.2) is 9.59 Å². The number of aliphatic carboxylic acids is 1. The van der Waals surface area contributed by atoms with Crippen molar-refractivity contribution in [2.75, 3.05) is 13.2 Å². The van der Waals surface area contributed by atoms with E-state index in [-0.39, 0.29) is 42.3 Å². The Morgan fingerprint density at radius 3 is 2.18 bits per heavy atom. The molecule has 5 fully saturated rings. The molecule has 0 bridgehead atoms. The summed E-state index contributed by atoms with van der Waals surface area (Å²) in [5.74, 6) is -3.00. The molecule has 0 amide bonds. The minimum absolute atomic E-state index is 0.0834. The summed E-state index contributed by atoms with van der Waals surface area (Å²) < 4.78 is 23.5. The Kier molecular flexibility index (Phi) is 11.6. The molecule has 0 spiro atoms. The quantitative estimate of drug-likeness (QED) is 0.0810. The minimum Gasteiger partial charge on any atom is -0.479 e. The summed E-state index contributed by atoms with van der Waals surface area (Å²) in [7, 11) is 0. The third-order valence-electron chi connectivity index (χ3n) is 16.8. The molecule has 0 aromatic heterocycles. The van der Waals surface area contributed by atoms with E-state index >= 15 is 0 Å². The van der Waals surface area contributed by atoms with Crippen molar-refractivity contribution in [3.05, 3.63) is 23.3 Å². The number of allylic oxidation sites excluding steroid dienone is 3. The monoisotopic (exact) mass is 806 g/mol. The average molecular weight is 807 g/mol. The van der Waals surface area contributed by atoms with E-state index in [1.165, 1.54) is 6.92 Å². The number of fused-ring (bicyclic) bond motifs is 7. The fourth-order valence-corrected chi connectivity index (χ4v) is 13.2. The van der Waals surface area contributed by atoms with Crippen LogP contribution >= 0.6 is 0 Å². The van der Waals surface area contributed by atoms with Crippen LogP contribution in [0.3, 0.4) is 0 Å². The fraction of sp³-hybridized carbons (Fsp3) is 0.837. The summed E-state index contributed by atoms with van der Waals surface area (Å²) in [5, 5.41) is 77.3. The minimum atomic E-state index is -1.85. The maximum atomic E-state index is 13.1. The van der Waals surface area contributed by atoms with E-state index in [0.29, 0.717) is 37.7 Å². The lowest BCUT2D eigenvalue weighted by Crippen LogP contribution is -2.72. The van der Waals surface area contributed by atoms with Gasteiger partial charge in [0.15, 0.2) is 12.4 Å². The number of hydrogen-bond acceptors (Lipinski definition) is 13. The van der Waals surface area contributed by atoms with Gasteiger partial charge >= 0.3 is 17.9 Å². The molecule has 6 rings (SSSR count). The number of aliphatic hydroxyl groups is 6. The van der Waals surface area contributed by atoms with Gasteiger partial charge in [-0.05, 0) is 92.8 Å². The van der Waals surface area contributed by atoms with E-state index in [1.54, 1.807) is 19.9 Å². The van der Waals surface area contributed by atoms with Crippen LogP contribution in [0.15, 0.2) is 23.3 Å². The first-order valence-electron chi connectivity index (χ1n) is 20.6. The lowest BCUT2D eigenvalue weighted by Gasteiger charge is -2.72. The number of rotatable bonds is 8. The second kappa shape index (κ2) is 14.9. The Hall–Kier alpha value is -2.43. The Labute approximate surface area is 335 Å². The molecule has 14 nitrogen and oxygen atoms in total. The largest absolute Gasteiger partial charge is 0.479 e. The third-order valence-corrected chi connectivity index (χ3v) is 16.8. The Balaban J connectivity index is 1.35. The molecule has 17 atom stereocenters. The molecule has 7 N–H and O–H groups in total. The molecular weight excluding hydrogens is 740 g/mol. The van der Waals surface area contributed by atoms with Crippen molar-refractivity contribution in [3.63, 3.8) is 0 Å². The van der Waals surface area contributed by atoms with Crippen molar-refractivity contribution in [1.29, 1.82) is 0 Å². The number of aliphatic hydroxyl groups excluding tert-OH is 6. The predicted octanol–water partition coefficient (Wildman–Crippen LogP) is 3.03. The van der Waals surface area contributed by atoms with Crippen LogP contribution in [0, 0.1) is 50.2 Å². The van der Waals surface area contributed by atoms with Crippen molar-refractivity contribution in [3.8, 4) is 0 Å². The van der Waals surface area contributed by atoms with Crippen LogP contribution in [0.4, 0.5) is 0 Å². The van der Waals surface area contributed by atoms with Gasteiger partial charge in [0.25, 0.3) is 0 Å². The predicted molar refractivity (Wildman–Crippen MR) is 204 cm³/mol. The summed E-state index contributed by atoms with van der Waals surface area (Å²) in [4.78, 5) is 37.3. The van der Waals surface area contributed by atoms with Crippen LogP contribution < -0.4 is 0 Å². The highest BCUT2D eigenvalue weighted by atomic mass is 16.7. The maximum absolute atomic E-state index is 13.1. The average Bonchev–Trinajstić information content (AvgIpc) is 3.13. The van der Waals surface area contributed by atoms with E-state index in [4.69, 9.17) is 18.9 Å². The summed E-state index contributed by atoms with van der Waals surface area (Å²) in [6.45, 7) is 16.8. The summed E-state index contributed by atoms with van der Waals surface area (Å²) in [5.41, 5.74) is -2.67. The van der Waals surface area contributed by atoms with Gasteiger partial charge in [-0.1, -0.05) is 59.3 Å². The molecule has 1 saturated heterocycles. The lowest BCUT2D eigenvalue weighted by atomic mass is 9.33. The molecule has 322 valence electrons. The third kappa shape index (κ3) is 6.45. The van der Waals surface area contributed by atoms with Crippen molar-refractivity contribution in [1.82, 2.24) is 0 Å². The Bertz CT molecular complexity index is 1660. The molecule has 0 aromatic rings. The van der Waals surface area contributed by atoms with Crippen LogP contribution in [0.5, 0.6) is 0 Å². The molecule has 0 radical (unpaired) electrons. The molecule has 4 saturated carbocycles. The molecule has 5 aliphatic carbocycles. The number of carboxylic acid groups (broad SMARTS) is 1. The number of carbonyl (C=O) groups is 3. The molecule has 6 aliphatic rings. The summed E-state index contributed by atoms with van der Waals surface area (Å²) in [6.07, 6.45) is -4.98. The number of carbonyl (C=O) groups excluding carboxylic acids is 2. The van der Waals surface area contributed by atoms with E-state index in [0.717, 1.165) is 12.0 Å². The Morgan fingerprint density at radius 1 is 0.912 bits per heavy atom. The zero-order chi connectivity index (χ0) is 42.4. The highest BCUT2D eigenvalue weighted by Crippen LogP contribution is 2.76. The van der Waals surface area contributed by atoms with Gasteiger partial charge in [0, 0.05) is 23.3 Å². The van der Waals surface area contributed by atoms with Crippen LogP contribution in [-0.4, -0.2) is 122 Å². The van der Waals surface area contributed by atoms with Crippen molar-refractivity contribution in [2.45, 2.75) is 162 Å². The van der Waals surface area contributed by atoms with Crippen molar-refractivity contribution >= 4 is 17.9 Å². The van der Waals surface area contributed by atoms with E-state index < -0.39 is 101 Å². The SMILES string of the molecule is C/C=C(\C)C(=O)OC1C(O)C2(COC(C)=O)C(O)CC3(C)C(=CCC4C5(C)CCC(OC6OC(C(=O)O)C(O)C(O)C6O)C(C)(CO)C5CCC43C)C2CC1(C)C. The first-order valence-corrected chi connectivity index (χ1v) is 20.6. The molecule has 1 heterocycles. The topological polar surface area (TPSA) is 230 Å². The normalized spacial score (nSPS) is 49.2. The molecule has 14 heteroatoms. The van der Waals surface area contributed by atoms with E-state index in [2.05, 4.69) is 26.8 Å². The van der Waals surface area contributed by atoms with Gasteiger partial charge in [0.2, 0.25) is 0 Å². The molecule has 17 unspecified atom stereocenters. The number of ether oxygens (including phenoxy) is 4. The second-order valence-electron chi connectivity index (χ2n) is 20.0. The van der Waals surface area contributed by atoms with Crippen molar-refractivity contribution < 1.29 is 69.1 Å². The van der Waals surface area contributed by atoms with E-state index in [1.807, 2.05) is 20.8 Å². The molecule has 0 aromatic carbocycles. The van der Waals surface area contributed by atoms with Gasteiger partial charge < -0.3 is 54.7 Å². The van der Waals surface area contributed by atoms with Crippen LogP contribution in [-0.2, 0) is 33.3 Å².